The fourth-order valence-corrected chi connectivity index (χ4v) is 4.21. The number of nitrogens with one attached hydrogen (secondary N) is 1. The van der Waals surface area contributed by atoms with Crippen molar-refractivity contribution in [2.24, 2.45) is 7.05 Å². The van der Waals surface area contributed by atoms with Crippen molar-refractivity contribution in [2.75, 3.05) is 11.1 Å². The van der Waals surface area contributed by atoms with Crippen molar-refractivity contribution in [1.82, 2.24) is 14.5 Å². The van der Waals surface area contributed by atoms with Crippen LogP contribution in [0.2, 0.25) is 0 Å². The lowest BCUT2D eigenvalue weighted by Gasteiger charge is -2.13. The molecule has 0 spiro atoms. The van der Waals surface area contributed by atoms with E-state index in [-0.39, 0.29) is 29.4 Å². The fourth-order valence-electron chi connectivity index (χ4n) is 3.49. The Morgan fingerprint density at radius 3 is 2.71 bits per heavy atom. The Balaban J connectivity index is 1.53. The van der Waals surface area contributed by atoms with Gasteiger partial charge in [0, 0.05) is 18.2 Å². The average Bonchev–Trinajstić information content (AvgIpc) is 3.26. The maximum atomic E-state index is 12.8. The largest absolute Gasteiger partial charge is 0.313 e. The van der Waals surface area contributed by atoms with Crippen LogP contribution in [0.3, 0.4) is 0 Å². The third-order valence-electron chi connectivity index (χ3n) is 5.25. The minimum absolute atomic E-state index is 0.158. The lowest BCUT2D eigenvalue weighted by molar-refractivity contribution is -0.125. The van der Waals surface area contributed by atoms with Crippen LogP contribution < -0.4 is 5.32 Å². The maximum Gasteiger partial charge on any atom is 0.289 e. The standard InChI is InChI=1S/C23H22N4O3S/c1-14-7-8-15(2)18(9-14)19-11-24-22(26(19)3)25-21(29)17-6-4-5-16(10-17)12-27-20(28)13-31-23(27)30/h4-11H,12-13H2,1-3H3,(H,24,25,29). The van der Waals surface area contributed by atoms with Crippen molar-refractivity contribution in [2.45, 2.75) is 20.4 Å². The summed E-state index contributed by atoms with van der Waals surface area (Å²) in [6.45, 7) is 4.24. The highest BCUT2D eigenvalue weighted by molar-refractivity contribution is 8.14. The molecule has 3 amide bonds. The van der Waals surface area contributed by atoms with Crippen molar-refractivity contribution in [3.8, 4) is 11.3 Å². The number of amides is 3. The molecule has 2 heterocycles. The van der Waals surface area contributed by atoms with Crippen LogP contribution in [-0.2, 0) is 18.4 Å². The van der Waals surface area contributed by atoms with Gasteiger partial charge in [0.15, 0.2) is 0 Å². The molecule has 2 aromatic carbocycles. The summed E-state index contributed by atoms with van der Waals surface area (Å²) in [5.74, 6) is 0.0851. The van der Waals surface area contributed by atoms with Crippen molar-refractivity contribution >= 4 is 34.8 Å². The van der Waals surface area contributed by atoms with Gasteiger partial charge < -0.3 is 4.57 Å². The van der Waals surface area contributed by atoms with Gasteiger partial charge in [-0.15, -0.1) is 0 Å². The first kappa shape index (κ1) is 20.9. The molecule has 3 aromatic rings. The van der Waals surface area contributed by atoms with Crippen molar-refractivity contribution in [3.05, 3.63) is 70.9 Å². The lowest BCUT2D eigenvalue weighted by atomic mass is 10.0. The number of anilines is 1. The number of carbonyl (C=O) groups is 3. The SMILES string of the molecule is Cc1ccc(C)c(-c2cnc(NC(=O)c3cccc(CN4C(=O)CSC4=O)c3)n2C)c1. The molecule has 1 aliphatic heterocycles. The number of aromatic nitrogens is 2. The number of imidazole rings is 1. The van der Waals surface area contributed by atoms with E-state index in [0.29, 0.717) is 17.1 Å². The molecule has 1 aromatic heterocycles. The minimum Gasteiger partial charge on any atom is -0.313 e. The molecule has 1 aliphatic rings. The number of hydrogen-bond acceptors (Lipinski definition) is 5. The summed E-state index contributed by atoms with van der Waals surface area (Å²) in [5.41, 5.74) is 5.40. The summed E-state index contributed by atoms with van der Waals surface area (Å²) in [6.07, 6.45) is 1.75. The number of thioether (sulfide) groups is 1. The smallest absolute Gasteiger partial charge is 0.289 e. The Labute approximate surface area is 184 Å². The van der Waals surface area contributed by atoms with E-state index in [0.717, 1.165) is 34.1 Å². The summed E-state index contributed by atoms with van der Waals surface area (Å²) in [5, 5.41) is 2.59. The van der Waals surface area contributed by atoms with E-state index in [1.165, 1.54) is 4.90 Å². The molecule has 1 N–H and O–H groups in total. The molecule has 1 fully saturated rings. The molecular formula is C23H22N4O3S. The molecule has 1 saturated heterocycles. The summed E-state index contributed by atoms with van der Waals surface area (Å²) in [6, 6.07) is 13.1. The number of nitrogens with zero attached hydrogens (tertiary/aromatic N) is 3. The first-order chi connectivity index (χ1) is 14.8. The summed E-state index contributed by atoms with van der Waals surface area (Å²) < 4.78 is 1.85. The third-order valence-corrected chi connectivity index (χ3v) is 6.11. The van der Waals surface area contributed by atoms with Gasteiger partial charge in [-0.25, -0.2) is 4.98 Å². The Morgan fingerprint density at radius 2 is 1.97 bits per heavy atom. The molecule has 0 saturated carbocycles. The Kier molecular flexibility index (Phi) is 5.65. The Morgan fingerprint density at radius 1 is 1.16 bits per heavy atom. The zero-order valence-electron chi connectivity index (χ0n) is 17.5. The minimum atomic E-state index is -0.309. The lowest BCUT2D eigenvalue weighted by Crippen LogP contribution is -2.28. The number of imide groups is 1. The van der Waals surface area contributed by atoms with Gasteiger partial charge in [0.05, 0.1) is 24.2 Å². The molecule has 0 radical (unpaired) electrons. The molecule has 0 unspecified atom stereocenters. The molecule has 4 rings (SSSR count). The van der Waals surface area contributed by atoms with Crippen LogP contribution in [0.25, 0.3) is 11.3 Å². The van der Waals surface area contributed by atoms with Gasteiger partial charge in [0.2, 0.25) is 11.9 Å². The summed E-state index contributed by atoms with van der Waals surface area (Å²) in [7, 11) is 1.86. The molecular weight excluding hydrogens is 412 g/mol. The van der Waals surface area contributed by atoms with Crippen molar-refractivity contribution < 1.29 is 14.4 Å². The number of carbonyl (C=O) groups excluding carboxylic acids is 3. The highest BCUT2D eigenvalue weighted by atomic mass is 32.2. The van der Waals surface area contributed by atoms with E-state index in [9.17, 15) is 14.4 Å². The normalized spacial score (nSPS) is 13.7. The second kappa shape index (κ2) is 8.39. The Hall–Kier alpha value is -3.39. The predicted octanol–water partition coefficient (Wildman–Crippen LogP) is 4.15. The van der Waals surface area contributed by atoms with Crippen LogP contribution in [0.4, 0.5) is 10.7 Å². The van der Waals surface area contributed by atoms with Crippen LogP contribution in [0.1, 0.15) is 27.0 Å². The van der Waals surface area contributed by atoms with E-state index >= 15 is 0 Å². The van der Waals surface area contributed by atoms with Crippen LogP contribution in [-0.4, -0.2) is 37.3 Å². The quantitative estimate of drug-likeness (QED) is 0.652. The van der Waals surface area contributed by atoms with E-state index in [1.54, 1.807) is 30.5 Å². The molecule has 0 bridgehead atoms. The average molecular weight is 435 g/mol. The highest BCUT2D eigenvalue weighted by Gasteiger charge is 2.29. The van der Waals surface area contributed by atoms with Gasteiger partial charge in [0.1, 0.15) is 0 Å². The van der Waals surface area contributed by atoms with Gasteiger partial charge in [-0.05, 0) is 43.2 Å². The van der Waals surface area contributed by atoms with Gasteiger partial charge >= 0.3 is 0 Å². The molecule has 7 nitrogen and oxygen atoms in total. The van der Waals surface area contributed by atoms with Gasteiger partial charge in [-0.2, -0.15) is 0 Å². The van der Waals surface area contributed by atoms with Crippen LogP contribution in [0, 0.1) is 13.8 Å². The van der Waals surface area contributed by atoms with E-state index < -0.39 is 0 Å². The zero-order chi connectivity index (χ0) is 22.1. The van der Waals surface area contributed by atoms with E-state index in [1.807, 2.05) is 25.5 Å². The first-order valence-corrected chi connectivity index (χ1v) is 10.8. The maximum absolute atomic E-state index is 12.8. The number of hydrogen-bond donors (Lipinski definition) is 1. The second-order valence-electron chi connectivity index (χ2n) is 7.53. The molecule has 31 heavy (non-hydrogen) atoms. The Bertz CT molecular complexity index is 1190. The first-order valence-electron chi connectivity index (χ1n) is 9.80. The second-order valence-corrected chi connectivity index (χ2v) is 8.46. The monoisotopic (exact) mass is 434 g/mol. The molecule has 8 heteroatoms. The summed E-state index contributed by atoms with van der Waals surface area (Å²) in [4.78, 5) is 42.1. The van der Waals surface area contributed by atoms with Crippen LogP contribution in [0.15, 0.2) is 48.7 Å². The van der Waals surface area contributed by atoms with Crippen molar-refractivity contribution in [1.29, 1.82) is 0 Å². The third kappa shape index (κ3) is 4.25. The van der Waals surface area contributed by atoms with Crippen molar-refractivity contribution in [3.63, 3.8) is 0 Å². The fraction of sp³-hybridized carbons (Fsp3) is 0.217. The topological polar surface area (TPSA) is 84.3 Å². The highest BCUT2D eigenvalue weighted by Crippen LogP contribution is 2.27. The predicted molar refractivity (Wildman–Crippen MR) is 121 cm³/mol. The van der Waals surface area contributed by atoms with E-state index in [4.69, 9.17) is 0 Å². The number of aryl methyl sites for hydroxylation is 2. The van der Waals surface area contributed by atoms with Gasteiger partial charge in [-0.3, -0.25) is 24.6 Å². The van der Waals surface area contributed by atoms with Gasteiger partial charge in [-0.1, -0.05) is 41.6 Å². The number of rotatable bonds is 5. The van der Waals surface area contributed by atoms with Crippen LogP contribution in [0.5, 0.6) is 0 Å². The molecule has 158 valence electrons. The van der Waals surface area contributed by atoms with Crippen LogP contribution >= 0.6 is 11.8 Å². The van der Waals surface area contributed by atoms with Gasteiger partial charge in [0.25, 0.3) is 11.1 Å². The summed E-state index contributed by atoms with van der Waals surface area (Å²) >= 11 is 0.996. The molecule has 0 atom stereocenters. The zero-order valence-corrected chi connectivity index (χ0v) is 18.3. The molecule has 0 aliphatic carbocycles. The number of benzene rings is 2. The van der Waals surface area contributed by atoms with E-state index in [2.05, 4.69) is 28.5 Å².